The number of hydrogen-bond donors (Lipinski definition) is 2. The molecule has 3 aromatic rings. The lowest BCUT2D eigenvalue weighted by Gasteiger charge is -2.27. The third kappa shape index (κ3) is 7.04. The van der Waals surface area contributed by atoms with Crippen LogP contribution in [0.5, 0.6) is 0 Å². The highest BCUT2D eigenvalue weighted by molar-refractivity contribution is 7.89. The van der Waals surface area contributed by atoms with Crippen LogP contribution in [0.3, 0.4) is 0 Å². The summed E-state index contributed by atoms with van der Waals surface area (Å²) in [7, 11) is -3.24. The molecule has 3 rings (SSSR count). The monoisotopic (exact) mass is 535 g/mol. The molecule has 38 heavy (non-hydrogen) atoms. The highest BCUT2D eigenvalue weighted by Gasteiger charge is 2.39. The van der Waals surface area contributed by atoms with E-state index in [0.29, 0.717) is 21.4 Å². The summed E-state index contributed by atoms with van der Waals surface area (Å²) in [5.74, 6) is -0.934. The average molecular weight is 536 g/mol. The lowest BCUT2D eigenvalue weighted by molar-refractivity contribution is -0.142. The number of nitrogens with zero attached hydrogens (tertiary/aromatic N) is 3. The van der Waals surface area contributed by atoms with Crippen molar-refractivity contribution >= 4 is 39.1 Å². The van der Waals surface area contributed by atoms with Gasteiger partial charge in [-0.3, -0.25) is 0 Å². The molecule has 3 aromatic carbocycles. The normalized spacial score (nSPS) is 12.8. The van der Waals surface area contributed by atoms with Crippen molar-refractivity contribution in [3.8, 4) is 0 Å². The van der Waals surface area contributed by atoms with Crippen LogP contribution in [0, 0.1) is 6.92 Å². The zero-order valence-corrected chi connectivity index (χ0v) is 22.3. The second-order valence-corrected chi connectivity index (χ2v) is 10.0. The van der Waals surface area contributed by atoms with Gasteiger partial charge in [-0.1, -0.05) is 66.2 Å². The van der Waals surface area contributed by atoms with E-state index in [0.717, 1.165) is 12.7 Å². The van der Waals surface area contributed by atoms with Crippen LogP contribution in [-0.2, 0) is 19.6 Å². The number of sulfonamides is 1. The molecule has 10 nitrogen and oxygen atoms in total. The maximum atomic E-state index is 13.8. The van der Waals surface area contributed by atoms with Crippen molar-refractivity contribution in [2.75, 3.05) is 12.4 Å². The number of anilines is 1. The van der Waals surface area contributed by atoms with Crippen LogP contribution < -0.4 is 10.7 Å². The number of rotatable bonds is 9. The van der Waals surface area contributed by atoms with E-state index in [1.54, 1.807) is 73.7 Å². The fraction of sp³-hybridized carbons (Fsp3) is 0.185. The van der Waals surface area contributed by atoms with Crippen LogP contribution >= 0.6 is 0 Å². The molecule has 2 N–H and O–H groups in total. The number of urea groups is 1. The Labute approximate surface area is 222 Å². The summed E-state index contributed by atoms with van der Waals surface area (Å²) >= 11 is 0. The number of hydrazone groups is 2. The minimum atomic E-state index is -4.37. The summed E-state index contributed by atoms with van der Waals surface area (Å²) in [5, 5.41) is 10.9. The molecule has 0 heterocycles. The Hall–Kier alpha value is -4.51. The van der Waals surface area contributed by atoms with Gasteiger partial charge in [0.25, 0.3) is 10.0 Å². The molecule has 0 aliphatic carbocycles. The smallest absolute Gasteiger partial charge is 0.339 e. The van der Waals surface area contributed by atoms with E-state index in [1.807, 2.05) is 13.0 Å². The SMILES string of the molecule is COC(=O)C(/C(C)=N/NC(=O)Nc1ccccc1)N(/N=C(\C)c1ccccc1)S(=O)(=O)c1ccc(C)cc1. The number of ether oxygens (including phenoxy) is 1. The number of carbonyl (C=O) groups excluding carboxylic acids is 2. The van der Waals surface area contributed by atoms with Gasteiger partial charge in [-0.15, -0.1) is 0 Å². The van der Waals surface area contributed by atoms with E-state index in [2.05, 4.69) is 20.9 Å². The second-order valence-electron chi connectivity index (χ2n) is 8.25. The van der Waals surface area contributed by atoms with Gasteiger partial charge in [0.05, 0.1) is 23.4 Å². The van der Waals surface area contributed by atoms with Gasteiger partial charge in [-0.05, 0) is 50.6 Å². The van der Waals surface area contributed by atoms with Crippen LogP contribution in [0.15, 0.2) is 100 Å². The fourth-order valence-electron chi connectivity index (χ4n) is 3.37. The van der Waals surface area contributed by atoms with Crippen molar-refractivity contribution < 1.29 is 22.7 Å². The van der Waals surface area contributed by atoms with Crippen LogP contribution in [-0.4, -0.2) is 49.4 Å². The molecule has 2 amide bonds. The maximum Gasteiger partial charge on any atom is 0.339 e. The molecule has 0 aliphatic heterocycles. The molecule has 0 aromatic heterocycles. The minimum Gasteiger partial charge on any atom is -0.467 e. The van der Waals surface area contributed by atoms with Crippen molar-refractivity contribution in [1.82, 2.24) is 9.84 Å². The number of nitrogens with one attached hydrogen (secondary N) is 2. The van der Waals surface area contributed by atoms with E-state index in [9.17, 15) is 18.0 Å². The Morgan fingerprint density at radius 3 is 2.05 bits per heavy atom. The minimum absolute atomic E-state index is 0.0691. The quantitative estimate of drug-likeness (QED) is 0.242. The van der Waals surface area contributed by atoms with Crippen molar-refractivity contribution in [3.05, 3.63) is 96.1 Å². The average Bonchev–Trinajstić information content (AvgIpc) is 2.92. The molecule has 1 atom stereocenters. The van der Waals surface area contributed by atoms with Gasteiger partial charge in [0.1, 0.15) is 0 Å². The molecule has 0 radical (unpaired) electrons. The first-order chi connectivity index (χ1) is 18.1. The number of aryl methyl sites for hydroxylation is 1. The third-order valence-corrected chi connectivity index (χ3v) is 7.06. The summed E-state index contributed by atoms with van der Waals surface area (Å²) in [4.78, 5) is 25.3. The summed E-state index contributed by atoms with van der Waals surface area (Å²) < 4.78 is 33.2. The van der Waals surface area contributed by atoms with Crippen molar-refractivity contribution in [3.63, 3.8) is 0 Å². The van der Waals surface area contributed by atoms with Crippen molar-refractivity contribution in [2.24, 2.45) is 10.2 Å². The van der Waals surface area contributed by atoms with Gasteiger partial charge in [-0.25, -0.2) is 15.0 Å². The number of para-hydroxylation sites is 1. The topological polar surface area (TPSA) is 130 Å². The number of carbonyl (C=O) groups is 2. The number of benzene rings is 3. The van der Waals surface area contributed by atoms with Gasteiger partial charge in [-0.2, -0.15) is 23.0 Å². The second kappa shape index (κ2) is 12.6. The summed E-state index contributed by atoms with van der Waals surface area (Å²) in [6, 6.07) is 21.4. The molecule has 0 spiro atoms. The van der Waals surface area contributed by atoms with E-state index in [4.69, 9.17) is 4.74 Å². The Morgan fingerprint density at radius 2 is 1.47 bits per heavy atom. The summed E-state index contributed by atoms with van der Waals surface area (Å²) in [6.45, 7) is 4.85. The summed E-state index contributed by atoms with van der Waals surface area (Å²) in [5.41, 5.74) is 4.58. The molecule has 11 heteroatoms. The standard InChI is InChI=1S/C27H29N5O5S/c1-19-15-17-24(18-16-19)38(35,36)32(31-20(2)22-11-7-5-8-12-22)25(26(33)37-4)21(3)29-30-27(34)28-23-13-9-6-10-14-23/h5-18,25H,1-4H3,(H2,28,30,34)/b29-21+,31-20+. The zero-order valence-electron chi connectivity index (χ0n) is 21.5. The lowest BCUT2D eigenvalue weighted by Crippen LogP contribution is -2.48. The number of hydrogen-bond acceptors (Lipinski definition) is 7. The van der Waals surface area contributed by atoms with Crippen LogP contribution in [0.25, 0.3) is 0 Å². The first-order valence-electron chi connectivity index (χ1n) is 11.6. The third-order valence-electron chi connectivity index (χ3n) is 5.41. The zero-order chi connectivity index (χ0) is 27.7. The molecule has 0 saturated carbocycles. The molecular formula is C27H29N5O5S. The Bertz CT molecular complexity index is 1420. The van der Waals surface area contributed by atoms with Gasteiger partial charge in [0.2, 0.25) is 6.04 Å². The summed E-state index contributed by atoms with van der Waals surface area (Å²) in [6.07, 6.45) is 0. The Morgan fingerprint density at radius 1 is 0.895 bits per heavy atom. The largest absolute Gasteiger partial charge is 0.467 e. The molecule has 198 valence electrons. The van der Waals surface area contributed by atoms with E-state index in [-0.39, 0.29) is 10.6 Å². The molecule has 0 aliphatic rings. The van der Waals surface area contributed by atoms with E-state index < -0.39 is 28.1 Å². The predicted molar refractivity (Wildman–Crippen MR) is 146 cm³/mol. The lowest BCUT2D eigenvalue weighted by atomic mass is 10.1. The van der Waals surface area contributed by atoms with E-state index in [1.165, 1.54) is 19.1 Å². The number of esters is 1. The van der Waals surface area contributed by atoms with Crippen LogP contribution in [0.1, 0.15) is 25.0 Å². The first kappa shape index (κ1) is 28.1. The number of amides is 2. The van der Waals surface area contributed by atoms with E-state index >= 15 is 0 Å². The molecular weight excluding hydrogens is 506 g/mol. The van der Waals surface area contributed by atoms with Gasteiger partial charge in [0, 0.05) is 5.69 Å². The van der Waals surface area contributed by atoms with Gasteiger partial charge >= 0.3 is 12.0 Å². The number of methoxy groups -OCH3 is 1. The van der Waals surface area contributed by atoms with Gasteiger partial charge in [0.15, 0.2) is 0 Å². The molecule has 0 fully saturated rings. The van der Waals surface area contributed by atoms with Crippen molar-refractivity contribution in [1.29, 1.82) is 0 Å². The Balaban J connectivity index is 2.05. The molecule has 0 bridgehead atoms. The van der Waals surface area contributed by atoms with Crippen molar-refractivity contribution in [2.45, 2.75) is 31.7 Å². The molecule has 1 unspecified atom stereocenters. The first-order valence-corrected chi connectivity index (χ1v) is 13.0. The van der Waals surface area contributed by atoms with Crippen LogP contribution in [0.4, 0.5) is 10.5 Å². The van der Waals surface area contributed by atoms with Gasteiger partial charge < -0.3 is 10.1 Å². The fourth-order valence-corrected chi connectivity index (χ4v) is 4.81. The highest BCUT2D eigenvalue weighted by Crippen LogP contribution is 2.22. The predicted octanol–water partition coefficient (Wildman–Crippen LogP) is 4.15. The Kier molecular flexibility index (Phi) is 9.33. The maximum absolute atomic E-state index is 13.8. The molecule has 0 saturated heterocycles. The highest BCUT2D eigenvalue weighted by atomic mass is 32.2. The van der Waals surface area contributed by atoms with Crippen LogP contribution in [0.2, 0.25) is 0 Å².